The van der Waals surface area contributed by atoms with E-state index in [0.717, 1.165) is 11.1 Å². The Bertz CT molecular complexity index is 643. The van der Waals surface area contributed by atoms with Gasteiger partial charge < -0.3 is 4.40 Å². The Morgan fingerprint density at radius 1 is 1.06 bits per heavy atom. The van der Waals surface area contributed by atoms with Crippen molar-refractivity contribution in [2.75, 3.05) is 0 Å². The minimum absolute atomic E-state index is 0.207. The van der Waals surface area contributed by atoms with Crippen molar-refractivity contribution in [3.8, 4) is 11.1 Å². The molecule has 2 aromatic heterocycles. The molecule has 78 valence electrons. The van der Waals surface area contributed by atoms with Gasteiger partial charge in [-0.25, -0.2) is 9.37 Å². The zero-order valence-electron chi connectivity index (χ0n) is 8.47. The molecule has 1 aromatic carbocycles. The van der Waals surface area contributed by atoms with Crippen LogP contribution in [0.25, 0.3) is 16.6 Å². The van der Waals surface area contributed by atoms with Crippen LogP contribution < -0.4 is 0 Å². The van der Waals surface area contributed by atoms with Crippen LogP contribution in [0, 0.1) is 5.82 Å². The maximum atomic E-state index is 13.6. The minimum Gasteiger partial charge on any atom is -0.306 e. The number of rotatable bonds is 1. The number of nitrogens with zero attached hydrogens (tertiary/aromatic N) is 2. The van der Waals surface area contributed by atoms with Crippen LogP contribution in [-0.2, 0) is 0 Å². The molecule has 0 N–H and O–H groups in total. The molecular weight excluding hydrogens is 203 g/mol. The lowest BCUT2D eigenvalue weighted by molar-refractivity contribution is 0.631. The Kier molecular flexibility index (Phi) is 1.96. The van der Waals surface area contributed by atoms with Crippen molar-refractivity contribution in [3.63, 3.8) is 0 Å². The predicted octanol–water partition coefficient (Wildman–Crippen LogP) is 3.14. The SMILES string of the molecule is Fc1ccccc1-c1ccc2cncn2c1. The van der Waals surface area contributed by atoms with Crippen LogP contribution in [0.1, 0.15) is 0 Å². The van der Waals surface area contributed by atoms with Crippen LogP contribution in [-0.4, -0.2) is 9.38 Å². The molecule has 0 radical (unpaired) electrons. The molecular formula is C13H9FN2. The van der Waals surface area contributed by atoms with Gasteiger partial charge in [0.25, 0.3) is 0 Å². The van der Waals surface area contributed by atoms with Crippen LogP contribution in [0.15, 0.2) is 55.1 Å². The predicted molar refractivity (Wildman–Crippen MR) is 60.6 cm³/mol. The van der Waals surface area contributed by atoms with Crippen molar-refractivity contribution in [1.82, 2.24) is 9.38 Å². The number of benzene rings is 1. The third kappa shape index (κ3) is 1.37. The first-order chi connectivity index (χ1) is 7.84. The number of fused-ring (bicyclic) bond motifs is 1. The second-order valence-corrected chi connectivity index (χ2v) is 3.62. The fourth-order valence-electron chi connectivity index (χ4n) is 1.77. The van der Waals surface area contributed by atoms with Crippen molar-refractivity contribution in [3.05, 3.63) is 60.9 Å². The normalized spacial score (nSPS) is 10.8. The van der Waals surface area contributed by atoms with Crippen molar-refractivity contribution in [2.45, 2.75) is 0 Å². The van der Waals surface area contributed by atoms with E-state index in [1.54, 1.807) is 24.7 Å². The quantitative estimate of drug-likeness (QED) is 0.605. The van der Waals surface area contributed by atoms with Gasteiger partial charge in [-0.2, -0.15) is 0 Å². The molecule has 0 spiro atoms. The van der Waals surface area contributed by atoms with Gasteiger partial charge in [-0.1, -0.05) is 24.3 Å². The molecule has 0 saturated heterocycles. The van der Waals surface area contributed by atoms with Crippen LogP contribution in [0.2, 0.25) is 0 Å². The van der Waals surface area contributed by atoms with Crippen LogP contribution in [0.5, 0.6) is 0 Å². The summed E-state index contributed by atoms with van der Waals surface area (Å²) in [6.07, 6.45) is 5.35. The molecule has 0 aliphatic carbocycles. The van der Waals surface area contributed by atoms with Gasteiger partial charge in [0.05, 0.1) is 18.0 Å². The van der Waals surface area contributed by atoms with Gasteiger partial charge in [0.2, 0.25) is 0 Å². The van der Waals surface area contributed by atoms with E-state index in [2.05, 4.69) is 4.98 Å². The third-order valence-corrected chi connectivity index (χ3v) is 2.59. The smallest absolute Gasteiger partial charge is 0.131 e. The molecule has 0 aliphatic heterocycles. The van der Waals surface area contributed by atoms with Crippen molar-refractivity contribution in [2.24, 2.45) is 0 Å². The van der Waals surface area contributed by atoms with Crippen LogP contribution in [0.4, 0.5) is 4.39 Å². The summed E-state index contributed by atoms with van der Waals surface area (Å²) in [5.41, 5.74) is 2.46. The monoisotopic (exact) mass is 212 g/mol. The first kappa shape index (κ1) is 9.09. The van der Waals surface area contributed by atoms with E-state index in [1.165, 1.54) is 6.07 Å². The Morgan fingerprint density at radius 2 is 1.94 bits per heavy atom. The Balaban J connectivity index is 2.22. The zero-order chi connectivity index (χ0) is 11.0. The highest BCUT2D eigenvalue weighted by atomic mass is 19.1. The highest BCUT2D eigenvalue weighted by molar-refractivity contribution is 5.65. The number of hydrogen-bond acceptors (Lipinski definition) is 1. The lowest BCUT2D eigenvalue weighted by atomic mass is 10.1. The van der Waals surface area contributed by atoms with E-state index >= 15 is 0 Å². The average molecular weight is 212 g/mol. The average Bonchev–Trinajstić information content (AvgIpc) is 2.76. The van der Waals surface area contributed by atoms with Crippen molar-refractivity contribution >= 4 is 5.52 Å². The van der Waals surface area contributed by atoms with Crippen LogP contribution >= 0.6 is 0 Å². The summed E-state index contributed by atoms with van der Waals surface area (Å²) in [5, 5.41) is 0. The summed E-state index contributed by atoms with van der Waals surface area (Å²) in [7, 11) is 0. The van der Waals surface area contributed by atoms with E-state index in [0.29, 0.717) is 5.56 Å². The first-order valence-corrected chi connectivity index (χ1v) is 5.01. The fourth-order valence-corrected chi connectivity index (χ4v) is 1.77. The molecule has 16 heavy (non-hydrogen) atoms. The summed E-state index contributed by atoms with van der Waals surface area (Å²) in [4.78, 5) is 4.03. The second kappa shape index (κ2) is 3.45. The zero-order valence-corrected chi connectivity index (χ0v) is 8.47. The largest absolute Gasteiger partial charge is 0.306 e. The summed E-state index contributed by atoms with van der Waals surface area (Å²) in [6, 6.07) is 10.6. The topological polar surface area (TPSA) is 17.3 Å². The summed E-state index contributed by atoms with van der Waals surface area (Å²) in [6.45, 7) is 0. The van der Waals surface area contributed by atoms with E-state index in [-0.39, 0.29) is 5.82 Å². The van der Waals surface area contributed by atoms with Crippen molar-refractivity contribution in [1.29, 1.82) is 0 Å². The molecule has 0 fully saturated rings. The standard InChI is InChI=1S/C13H9FN2/c14-13-4-2-1-3-12(13)10-5-6-11-7-15-9-16(11)8-10/h1-9H. The van der Waals surface area contributed by atoms with E-state index in [1.807, 2.05) is 28.8 Å². The minimum atomic E-state index is -0.207. The molecule has 0 aliphatic rings. The molecule has 3 aromatic rings. The Hall–Kier alpha value is -2.16. The number of imidazole rings is 1. The molecule has 3 heteroatoms. The Morgan fingerprint density at radius 3 is 2.81 bits per heavy atom. The summed E-state index contributed by atoms with van der Waals surface area (Å²) < 4.78 is 15.5. The molecule has 2 heterocycles. The molecule has 2 nitrogen and oxygen atoms in total. The van der Waals surface area contributed by atoms with Gasteiger partial charge in [-0.3, -0.25) is 0 Å². The van der Waals surface area contributed by atoms with E-state index in [4.69, 9.17) is 0 Å². The van der Waals surface area contributed by atoms with Gasteiger partial charge in [0.1, 0.15) is 5.82 Å². The third-order valence-electron chi connectivity index (χ3n) is 2.59. The highest BCUT2D eigenvalue weighted by Gasteiger charge is 2.04. The summed E-state index contributed by atoms with van der Waals surface area (Å²) in [5.74, 6) is -0.207. The molecule has 0 unspecified atom stereocenters. The maximum Gasteiger partial charge on any atom is 0.131 e. The number of halogens is 1. The summed E-state index contributed by atoms with van der Waals surface area (Å²) >= 11 is 0. The molecule has 0 saturated carbocycles. The van der Waals surface area contributed by atoms with Crippen molar-refractivity contribution < 1.29 is 4.39 Å². The fraction of sp³-hybridized carbons (Fsp3) is 0. The van der Waals surface area contributed by atoms with E-state index < -0.39 is 0 Å². The van der Waals surface area contributed by atoms with E-state index in [9.17, 15) is 4.39 Å². The van der Waals surface area contributed by atoms with Gasteiger partial charge in [-0.15, -0.1) is 0 Å². The van der Waals surface area contributed by atoms with Crippen LogP contribution in [0.3, 0.4) is 0 Å². The van der Waals surface area contributed by atoms with Gasteiger partial charge in [0.15, 0.2) is 0 Å². The van der Waals surface area contributed by atoms with Gasteiger partial charge in [0, 0.05) is 17.3 Å². The molecule has 0 amide bonds. The van der Waals surface area contributed by atoms with Gasteiger partial charge >= 0.3 is 0 Å². The molecule has 3 rings (SSSR count). The number of pyridine rings is 1. The highest BCUT2D eigenvalue weighted by Crippen LogP contribution is 2.22. The molecule has 0 bridgehead atoms. The second-order valence-electron chi connectivity index (χ2n) is 3.62. The molecule has 0 atom stereocenters. The lowest BCUT2D eigenvalue weighted by Gasteiger charge is -2.03. The lowest BCUT2D eigenvalue weighted by Crippen LogP contribution is -1.87. The maximum absolute atomic E-state index is 13.6. The number of hydrogen-bond donors (Lipinski definition) is 0. The van der Waals surface area contributed by atoms with Gasteiger partial charge in [-0.05, 0) is 12.1 Å². The number of aromatic nitrogens is 2. The Labute approximate surface area is 92.0 Å². The first-order valence-electron chi connectivity index (χ1n) is 5.01.